The van der Waals surface area contributed by atoms with Crippen molar-refractivity contribution in [2.24, 2.45) is 0 Å². The Bertz CT molecular complexity index is 17.1. The van der Waals surface area contributed by atoms with Gasteiger partial charge in [0, 0.05) is 0 Å². The van der Waals surface area contributed by atoms with Crippen molar-refractivity contribution in [2.75, 3.05) is 0 Å². The van der Waals surface area contributed by atoms with Crippen LogP contribution in [0.4, 0.5) is 0 Å². The van der Waals surface area contributed by atoms with E-state index in [9.17, 15) is 0 Å². The van der Waals surface area contributed by atoms with Crippen LogP contribution in [-0.4, -0.2) is 68.2 Å². The molecule has 0 saturated heterocycles. The molecular weight excluding hydrogens is 91.0 g/mol. The molecule has 0 aliphatic rings. The molecular formula is CH5CaLiO2. The molecule has 0 aromatic heterocycles. The van der Waals surface area contributed by atoms with Gasteiger partial charge in [-0.15, -0.1) is 0 Å². The summed E-state index contributed by atoms with van der Waals surface area (Å²) in [6, 6.07) is 0. The minimum absolute atomic E-state index is 0. The van der Waals surface area contributed by atoms with Gasteiger partial charge in [-0.2, -0.15) is 0 Å². The van der Waals surface area contributed by atoms with Crippen molar-refractivity contribution < 1.29 is 9.90 Å². The van der Waals surface area contributed by atoms with E-state index in [1.165, 1.54) is 0 Å². The Balaban J connectivity index is -0.0000000200. The normalized spacial score (nSPS) is 2.40. The van der Waals surface area contributed by atoms with Gasteiger partial charge in [0.1, 0.15) is 0 Å². The van der Waals surface area contributed by atoms with E-state index in [-0.39, 0.29) is 63.1 Å². The predicted octanol–water partition coefficient (Wildman–Crippen LogP) is -1.86. The van der Waals surface area contributed by atoms with E-state index < -0.39 is 0 Å². The molecule has 0 amide bonds. The molecule has 0 aromatic rings. The summed E-state index contributed by atoms with van der Waals surface area (Å²) in [5.74, 6) is 0. The summed E-state index contributed by atoms with van der Waals surface area (Å²) < 4.78 is 0. The fourth-order valence-corrected chi connectivity index (χ4v) is 0. The average Bonchev–Trinajstić information content (AvgIpc) is 0.918. The van der Waals surface area contributed by atoms with Crippen LogP contribution in [0.1, 0.15) is 0 Å². The third kappa shape index (κ3) is 33.5. The van der Waals surface area contributed by atoms with Gasteiger partial charge in [-0.3, -0.25) is 4.79 Å². The Morgan fingerprint density at radius 2 is 1.60 bits per heavy atom. The summed E-state index contributed by atoms with van der Waals surface area (Å²) in [5.41, 5.74) is 0. The second kappa shape index (κ2) is 18.4. The van der Waals surface area contributed by atoms with Gasteiger partial charge in [0.25, 0.3) is 6.47 Å². The van der Waals surface area contributed by atoms with Crippen LogP contribution in [0.3, 0.4) is 0 Å². The summed E-state index contributed by atoms with van der Waals surface area (Å²) in [5, 5.41) is 6.89. The van der Waals surface area contributed by atoms with E-state index >= 15 is 0 Å². The summed E-state index contributed by atoms with van der Waals surface area (Å²) in [7, 11) is 0. The summed E-state index contributed by atoms with van der Waals surface area (Å²) in [4.78, 5) is 8.36. The topological polar surface area (TPSA) is 37.3 Å². The molecule has 0 rings (SSSR count). The molecule has 0 heterocycles. The van der Waals surface area contributed by atoms with Crippen molar-refractivity contribution >= 4 is 63.1 Å². The molecule has 0 unspecified atom stereocenters. The SMILES string of the molecule is O=CO.[CaH2].[LiH]. The third-order valence-corrected chi connectivity index (χ3v) is 0. The fourth-order valence-electron chi connectivity index (χ4n) is 0. The number of carbonyl (C=O) groups is 1. The molecule has 4 heteroatoms. The number of hydrogen-bond donors (Lipinski definition) is 1. The Kier molecular flexibility index (Phi) is 59.7. The van der Waals surface area contributed by atoms with Gasteiger partial charge in [-0.1, -0.05) is 0 Å². The molecule has 1 N–H and O–H groups in total. The van der Waals surface area contributed by atoms with Crippen LogP contribution in [0.25, 0.3) is 0 Å². The van der Waals surface area contributed by atoms with E-state index in [2.05, 4.69) is 0 Å². The van der Waals surface area contributed by atoms with Gasteiger partial charge >= 0.3 is 56.6 Å². The number of hydrogen-bond acceptors (Lipinski definition) is 1. The van der Waals surface area contributed by atoms with E-state index in [1.54, 1.807) is 0 Å². The molecule has 0 radical (unpaired) electrons. The van der Waals surface area contributed by atoms with Gasteiger partial charge < -0.3 is 5.11 Å². The van der Waals surface area contributed by atoms with Gasteiger partial charge in [-0.05, 0) is 0 Å². The van der Waals surface area contributed by atoms with Crippen LogP contribution in [0.15, 0.2) is 0 Å². The maximum absolute atomic E-state index is 8.36. The Labute approximate surface area is 72.1 Å². The molecule has 24 valence electrons. The molecule has 2 nitrogen and oxygen atoms in total. The van der Waals surface area contributed by atoms with E-state index in [4.69, 9.17) is 9.90 Å². The molecule has 0 saturated carbocycles. The Hall–Kier alpha value is 1.33. The second-order valence-corrected chi connectivity index (χ2v) is 0.105. The molecule has 0 atom stereocenters. The fraction of sp³-hybridized carbons (Fsp3) is 0. The molecule has 0 aromatic carbocycles. The minimum atomic E-state index is -0.250. The molecule has 5 heavy (non-hydrogen) atoms. The molecule has 0 aliphatic carbocycles. The first kappa shape index (κ1) is 16.2. The van der Waals surface area contributed by atoms with Crippen molar-refractivity contribution in [2.45, 2.75) is 0 Å². The van der Waals surface area contributed by atoms with Gasteiger partial charge in [-0.25, -0.2) is 0 Å². The molecule has 0 spiro atoms. The Morgan fingerprint density at radius 1 is 1.60 bits per heavy atom. The molecule has 0 bridgehead atoms. The van der Waals surface area contributed by atoms with Crippen LogP contribution in [0, 0.1) is 0 Å². The zero-order chi connectivity index (χ0) is 2.71. The predicted molar refractivity (Wildman–Crippen MR) is 24.4 cm³/mol. The number of rotatable bonds is 0. The van der Waals surface area contributed by atoms with Gasteiger partial charge in [0.2, 0.25) is 0 Å². The standard InChI is InChI=1S/CH2O2.Ca.Li.3H/c2-1-3;;;;;/h1H,(H,2,3);;;;;. The monoisotopic (exact) mass is 96.0 g/mol. The van der Waals surface area contributed by atoms with E-state index in [0.29, 0.717) is 0 Å². The second-order valence-electron chi connectivity index (χ2n) is 0.105. The molecule has 0 aliphatic heterocycles. The van der Waals surface area contributed by atoms with E-state index in [0.717, 1.165) is 0 Å². The van der Waals surface area contributed by atoms with Crippen LogP contribution in [0.5, 0.6) is 0 Å². The van der Waals surface area contributed by atoms with Gasteiger partial charge in [0.15, 0.2) is 0 Å². The quantitative estimate of drug-likeness (QED) is 0.283. The number of carboxylic acid groups (broad SMARTS) is 1. The van der Waals surface area contributed by atoms with Crippen LogP contribution in [0.2, 0.25) is 0 Å². The molecule has 0 fully saturated rings. The van der Waals surface area contributed by atoms with Crippen molar-refractivity contribution in [1.29, 1.82) is 0 Å². The van der Waals surface area contributed by atoms with Crippen molar-refractivity contribution in [3.05, 3.63) is 0 Å². The van der Waals surface area contributed by atoms with Crippen LogP contribution < -0.4 is 0 Å². The first-order valence-electron chi connectivity index (χ1n) is 0.494. The van der Waals surface area contributed by atoms with Crippen molar-refractivity contribution in [3.63, 3.8) is 0 Å². The first-order chi connectivity index (χ1) is 1.41. The van der Waals surface area contributed by atoms with Crippen molar-refractivity contribution in [1.82, 2.24) is 0 Å². The van der Waals surface area contributed by atoms with E-state index in [1.807, 2.05) is 0 Å². The zero-order valence-corrected chi connectivity index (χ0v) is 1.43. The third-order valence-electron chi connectivity index (χ3n) is 0. The summed E-state index contributed by atoms with van der Waals surface area (Å²) in [6.07, 6.45) is 0. The van der Waals surface area contributed by atoms with Crippen LogP contribution >= 0.6 is 0 Å². The Morgan fingerprint density at radius 3 is 1.60 bits per heavy atom. The first-order valence-corrected chi connectivity index (χ1v) is 0.494. The van der Waals surface area contributed by atoms with Gasteiger partial charge in [0.05, 0.1) is 0 Å². The summed E-state index contributed by atoms with van der Waals surface area (Å²) >= 11 is 0. The summed E-state index contributed by atoms with van der Waals surface area (Å²) in [6.45, 7) is -0.250. The van der Waals surface area contributed by atoms with Crippen LogP contribution in [-0.2, 0) is 4.79 Å². The average molecular weight is 96.1 g/mol. The zero-order valence-electron chi connectivity index (χ0n) is 1.43. The van der Waals surface area contributed by atoms with Crippen molar-refractivity contribution in [3.8, 4) is 0 Å². The maximum atomic E-state index is 8.36.